The second-order valence-corrected chi connectivity index (χ2v) is 4.98. The molecule has 106 valence electrons. The highest BCUT2D eigenvalue weighted by Gasteiger charge is 2.27. The van der Waals surface area contributed by atoms with Crippen LogP contribution in [0.5, 0.6) is 0 Å². The Bertz CT molecular complexity index is 433. The van der Waals surface area contributed by atoms with Crippen LogP contribution in [-0.2, 0) is 11.3 Å². The molecule has 0 bridgehead atoms. The highest BCUT2D eigenvalue weighted by Crippen LogP contribution is 2.13. The van der Waals surface area contributed by atoms with Crippen LogP contribution in [0.4, 0.5) is 4.79 Å². The normalized spacial score (nSPS) is 23.4. The van der Waals surface area contributed by atoms with Crippen molar-refractivity contribution < 1.29 is 14.1 Å². The third-order valence-electron chi connectivity index (χ3n) is 3.16. The second kappa shape index (κ2) is 6.06. The van der Waals surface area contributed by atoms with Gasteiger partial charge in [-0.1, -0.05) is 12.1 Å². The van der Waals surface area contributed by atoms with E-state index in [1.54, 1.807) is 4.90 Å². The first-order valence-electron chi connectivity index (χ1n) is 6.69. The van der Waals surface area contributed by atoms with Gasteiger partial charge in [-0.15, -0.1) is 0 Å². The van der Waals surface area contributed by atoms with Crippen molar-refractivity contribution in [2.24, 2.45) is 0 Å². The van der Waals surface area contributed by atoms with Crippen LogP contribution in [0.3, 0.4) is 0 Å². The summed E-state index contributed by atoms with van der Waals surface area (Å²) in [6.07, 6.45) is 1.12. The van der Waals surface area contributed by atoms with Crippen LogP contribution >= 0.6 is 0 Å². The maximum Gasteiger partial charge on any atom is 0.317 e. The predicted molar refractivity (Wildman–Crippen MR) is 69.7 cm³/mol. The SMILES string of the molecule is CC[C@H]1CN(C(=O)NCc2cc(C)no2)C[C@@H](C)O1. The maximum atomic E-state index is 12.1. The third kappa shape index (κ3) is 3.70. The first-order chi connectivity index (χ1) is 9.08. The number of ether oxygens (including phenoxy) is 1. The highest BCUT2D eigenvalue weighted by atomic mass is 16.5. The lowest BCUT2D eigenvalue weighted by Crippen LogP contribution is -2.52. The molecule has 1 aliphatic heterocycles. The Morgan fingerprint density at radius 2 is 2.37 bits per heavy atom. The molecule has 1 N–H and O–H groups in total. The van der Waals surface area contributed by atoms with Gasteiger partial charge < -0.3 is 19.5 Å². The molecule has 0 spiro atoms. The summed E-state index contributed by atoms with van der Waals surface area (Å²) in [5.41, 5.74) is 0.815. The molecule has 2 heterocycles. The number of aryl methyl sites for hydroxylation is 1. The Balaban J connectivity index is 1.85. The van der Waals surface area contributed by atoms with E-state index in [-0.39, 0.29) is 18.2 Å². The van der Waals surface area contributed by atoms with Crippen molar-refractivity contribution >= 4 is 6.03 Å². The summed E-state index contributed by atoms with van der Waals surface area (Å²) in [6, 6.07) is 1.74. The standard InChI is InChI=1S/C13H21N3O3/c1-4-11-8-16(7-10(3)18-11)13(17)14-6-12-5-9(2)15-19-12/h5,10-11H,4,6-8H2,1-3H3,(H,14,17)/t10-,11+/m1/s1. The zero-order valence-corrected chi connectivity index (χ0v) is 11.7. The Kier molecular flexibility index (Phi) is 4.42. The summed E-state index contributed by atoms with van der Waals surface area (Å²) < 4.78 is 10.8. The number of carbonyl (C=O) groups is 1. The van der Waals surface area contributed by atoms with Crippen molar-refractivity contribution in [2.75, 3.05) is 13.1 Å². The van der Waals surface area contributed by atoms with E-state index < -0.39 is 0 Å². The van der Waals surface area contributed by atoms with Gasteiger partial charge in [0.25, 0.3) is 0 Å². The van der Waals surface area contributed by atoms with Gasteiger partial charge in [0.05, 0.1) is 24.4 Å². The van der Waals surface area contributed by atoms with E-state index in [0.29, 0.717) is 25.4 Å². The molecule has 1 aromatic rings. The maximum absolute atomic E-state index is 12.1. The molecule has 2 amide bonds. The molecule has 1 saturated heterocycles. The van der Waals surface area contributed by atoms with E-state index in [9.17, 15) is 4.79 Å². The zero-order chi connectivity index (χ0) is 13.8. The van der Waals surface area contributed by atoms with Gasteiger partial charge >= 0.3 is 6.03 Å². The molecule has 0 aliphatic carbocycles. The van der Waals surface area contributed by atoms with E-state index in [0.717, 1.165) is 12.1 Å². The molecule has 1 aromatic heterocycles. The van der Waals surface area contributed by atoms with E-state index in [4.69, 9.17) is 9.26 Å². The number of hydrogen-bond donors (Lipinski definition) is 1. The third-order valence-corrected chi connectivity index (χ3v) is 3.16. The van der Waals surface area contributed by atoms with E-state index in [2.05, 4.69) is 17.4 Å². The molecular weight excluding hydrogens is 246 g/mol. The molecule has 6 heteroatoms. The largest absolute Gasteiger partial charge is 0.372 e. The lowest BCUT2D eigenvalue weighted by Gasteiger charge is -2.36. The number of aromatic nitrogens is 1. The molecule has 0 aromatic carbocycles. The molecular formula is C13H21N3O3. The lowest BCUT2D eigenvalue weighted by atomic mass is 10.2. The molecule has 0 radical (unpaired) electrons. The Labute approximate surface area is 113 Å². The number of urea groups is 1. The summed E-state index contributed by atoms with van der Waals surface area (Å²) in [7, 11) is 0. The van der Waals surface area contributed by atoms with Crippen LogP contribution in [0, 0.1) is 6.92 Å². The van der Waals surface area contributed by atoms with Gasteiger partial charge in [-0.3, -0.25) is 0 Å². The minimum Gasteiger partial charge on any atom is -0.372 e. The van der Waals surface area contributed by atoms with Crippen molar-refractivity contribution in [1.29, 1.82) is 0 Å². The first kappa shape index (κ1) is 13.9. The van der Waals surface area contributed by atoms with Crippen LogP contribution < -0.4 is 5.32 Å². The van der Waals surface area contributed by atoms with Crippen LogP contribution in [0.15, 0.2) is 10.6 Å². The number of nitrogens with one attached hydrogen (secondary N) is 1. The molecule has 0 saturated carbocycles. The number of hydrogen-bond acceptors (Lipinski definition) is 4. The Morgan fingerprint density at radius 3 is 3.00 bits per heavy atom. The molecule has 1 aliphatic rings. The van der Waals surface area contributed by atoms with Crippen LogP contribution in [0.1, 0.15) is 31.7 Å². The average Bonchev–Trinajstić information content (AvgIpc) is 2.81. The van der Waals surface area contributed by atoms with Crippen LogP contribution in [-0.4, -0.2) is 41.4 Å². The average molecular weight is 267 g/mol. The van der Waals surface area contributed by atoms with Crippen molar-refractivity contribution in [2.45, 2.75) is 45.9 Å². The van der Waals surface area contributed by atoms with Gasteiger partial charge in [0, 0.05) is 19.2 Å². The van der Waals surface area contributed by atoms with Crippen molar-refractivity contribution in [3.63, 3.8) is 0 Å². The molecule has 1 fully saturated rings. The molecule has 6 nitrogen and oxygen atoms in total. The minimum atomic E-state index is -0.0809. The monoisotopic (exact) mass is 267 g/mol. The van der Waals surface area contributed by atoms with E-state index in [1.165, 1.54) is 0 Å². The topological polar surface area (TPSA) is 67.6 Å². The number of amides is 2. The predicted octanol–water partition coefficient (Wildman–Crippen LogP) is 1.69. The summed E-state index contributed by atoms with van der Waals surface area (Å²) in [5, 5.41) is 6.63. The van der Waals surface area contributed by atoms with Crippen molar-refractivity contribution in [1.82, 2.24) is 15.4 Å². The van der Waals surface area contributed by atoms with Crippen LogP contribution in [0.25, 0.3) is 0 Å². The van der Waals surface area contributed by atoms with Gasteiger partial charge in [-0.2, -0.15) is 0 Å². The van der Waals surface area contributed by atoms with Crippen LogP contribution in [0.2, 0.25) is 0 Å². The molecule has 2 atom stereocenters. The molecule has 0 unspecified atom stereocenters. The summed E-state index contributed by atoms with van der Waals surface area (Å²) in [5.74, 6) is 0.666. The lowest BCUT2D eigenvalue weighted by molar-refractivity contribution is -0.0646. The fraction of sp³-hybridized carbons (Fsp3) is 0.692. The number of nitrogens with zero attached hydrogens (tertiary/aromatic N) is 2. The Hall–Kier alpha value is -1.56. The quantitative estimate of drug-likeness (QED) is 0.905. The summed E-state index contributed by atoms with van der Waals surface area (Å²) >= 11 is 0. The zero-order valence-electron chi connectivity index (χ0n) is 11.7. The highest BCUT2D eigenvalue weighted by molar-refractivity contribution is 5.74. The van der Waals surface area contributed by atoms with E-state index in [1.807, 2.05) is 19.9 Å². The molecule has 2 rings (SSSR count). The van der Waals surface area contributed by atoms with E-state index >= 15 is 0 Å². The van der Waals surface area contributed by atoms with Gasteiger partial charge in [-0.05, 0) is 20.3 Å². The minimum absolute atomic E-state index is 0.0805. The Morgan fingerprint density at radius 1 is 1.58 bits per heavy atom. The van der Waals surface area contributed by atoms with Gasteiger partial charge in [0.15, 0.2) is 5.76 Å². The van der Waals surface area contributed by atoms with Crippen molar-refractivity contribution in [3.05, 3.63) is 17.5 Å². The number of carbonyl (C=O) groups excluding carboxylic acids is 1. The number of rotatable bonds is 3. The van der Waals surface area contributed by atoms with Gasteiger partial charge in [0.2, 0.25) is 0 Å². The summed E-state index contributed by atoms with van der Waals surface area (Å²) in [6.45, 7) is 7.53. The number of morpholine rings is 1. The smallest absolute Gasteiger partial charge is 0.317 e. The fourth-order valence-corrected chi connectivity index (χ4v) is 2.21. The first-order valence-corrected chi connectivity index (χ1v) is 6.69. The van der Waals surface area contributed by atoms with Crippen molar-refractivity contribution in [3.8, 4) is 0 Å². The second-order valence-electron chi connectivity index (χ2n) is 4.98. The van der Waals surface area contributed by atoms with Gasteiger partial charge in [0.1, 0.15) is 0 Å². The molecule has 19 heavy (non-hydrogen) atoms. The summed E-state index contributed by atoms with van der Waals surface area (Å²) in [4.78, 5) is 13.9. The van der Waals surface area contributed by atoms with Gasteiger partial charge in [-0.25, -0.2) is 4.79 Å². The fourth-order valence-electron chi connectivity index (χ4n) is 2.21.